The first kappa shape index (κ1) is 18.6. The Morgan fingerprint density at radius 3 is 2.79 bits per heavy atom. The summed E-state index contributed by atoms with van der Waals surface area (Å²) in [7, 11) is 1.63. The van der Waals surface area contributed by atoms with E-state index in [9.17, 15) is 4.79 Å². The van der Waals surface area contributed by atoms with Crippen molar-refractivity contribution >= 4 is 22.8 Å². The Balaban J connectivity index is 1.77. The van der Waals surface area contributed by atoms with E-state index in [1.165, 1.54) is 0 Å². The Labute approximate surface area is 168 Å². The number of rotatable bonds is 5. The topological polar surface area (TPSA) is 73.5 Å². The number of Topliss-reactive ketones (excluding diaryl/α,β-unsaturated/α-hetero) is 1. The zero-order chi connectivity index (χ0) is 20.5. The van der Waals surface area contributed by atoms with E-state index in [1.54, 1.807) is 25.3 Å². The summed E-state index contributed by atoms with van der Waals surface area (Å²) in [5.41, 5.74) is 3.22. The predicted molar refractivity (Wildman–Crippen MR) is 109 cm³/mol. The first-order valence-corrected chi connectivity index (χ1v) is 9.31. The van der Waals surface area contributed by atoms with Crippen LogP contribution in [0.1, 0.15) is 28.4 Å². The summed E-state index contributed by atoms with van der Waals surface area (Å²) in [5, 5.41) is 9.69. The average Bonchev–Trinajstić information content (AvgIpc) is 3.23. The molecule has 0 aliphatic carbocycles. The summed E-state index contributed by atoms with van der Waals surface area (Å²) in [6, 6.07) is 11.2. The highest BCUT2D eigenvalue weighted by molar-refractivity contribution is 6.16. The van der Waals surface area contributed by atoms with Crippen molar-refractivity contribution in [3.05, 3.63) is 59.0 Å². The fourth-order valence-electron chi connectivity index (χ4n) is 3.63. The minimum absolute atomic E-state index is 0.0623. The van der Waals surface area contributed by atoms with Crippen LogP contribution >= 0.6 is 0 Å². The molecule has 1 aromatic heterocycles. The average molecular weight is 388 g/mol. The summed E-state index contributed by atoms with van der Waals surface area (Å²) < 4.78 is 18.7. The predicted octanol–water partition coefficient (Wildman–Crippen LogP) is 4.50. The van der Waals surface area contributed by atoms with Gasteiger partial charge in [0, 0.05) is 35.3 Å². The van der Waals surface area contributed by atoms with Gasteiger partial charge in [-0.3, -0.25) is 4.79 Å². The molecule has 0 bridgehead atoms. The SMILES string of the molecule is CCn1cc(/C=C2\Oc3cc(OCC#N)cc(C)c3C2=O)c2cc(OC)ccc21. The number of benzene rings is 2. The molecule has 4 rings (SSSR count). The van der Waals surface area contributed by atoms with Gasteiger partial charge in [0.05, 0.1) is 12.7 Å². The first-order valence-electron chi connectivity index (χ1n) is 9.31. The summed E-state index contributed by atoms with van der Waals surface area (Å²) in [6.45, 7) is 4.64. The Morgan fingerprint density at radius 1 is 1.24 bits per heavy atom. The summed E-state index contributed by atoms with van der Waals surface area (Å²) in [6.07, 6.45) is 3.77. The number of fused-ring (bicyclic) bond motifs is 2. The van der Waals surface area contributed by atoms with E-state index < -0.39 is 0 Å². The molecule has 0 atom stereocenters. The van der Waals surface area contributed by atoms with Crippen molar-refractivity contribution in [3.63, 3.8) is 0 Å². The normalized spacial score (nSPS) is 14.0. The van der Waals surface area contributed by atoms with E-state index in [-0.39, 0.29) is 18.1 Å². The van der Waals surface area contributed by atoms with E-state index in [4.69, 9.17) is 19.5 Å². The maximum Gasteiger partial charge on any atom is 0.232 e. The quantitative estimate of drug-likeness (QED) is 0.602. The van der Waals surface area contributed by atoms with Gasteiger partial charge in [-0.25, -0.2) is 0 Å². The van der Waals surface area contributed by atoms with Crippen molar-refractivity contribution in [2.75, 3.05) is 13.7 Å². The van der Waals surface area contributed by atoms with Crippen LogP contribution in [-0.4, -0.2) is 24.1 Å². The second kappa shape index (κ2) is 7.36. The zero-order valence-electron chi connectivity index (χ0n) is 16.5. The number of hydrogen-bond acceptors (Lipinski definition) is 5. The van der Waals surface area contributed by atoms with Gasteiger partial charge in [0.25, 0.3) is 0 Å². The van der Waals surface area contributed by atoms with Crippen LogP contribution in [-0.2, 0) is 6.54 Å². The number of hydrogen-bond donors (Lipinski definition) is 0. The number of nitrogens with zero attached hydrogens (tertiary/aromatic N) is 2. The molecule has 1 aliphatic rings. The third kappa shape index (κ3) is 3.21. The largest absolute Gasteiger partial charge is 0.497 e. The van der Waals surface area contributed by atoms with Crippen molar-refractivity contribution in [1.29, 1.82) is 5.26 Å². The summed E-state index contributed by atoms with van der Waals surface area (Å²) in [4.78, 5) is 13.0. The molecule has 2 aromatic carbocycles. The fraction of sp³-hybridized carbons (Fsp3) is 0.217. The monoisotopic (exact) mass is 388 g/mol. The molecule has 0 spiro atoms. The second-order valence-corrected chi connectivity index (χ2v) is 6.75. The van der Waals surface area contributed by atoms with Crippen LogP contribution in [0.25, 0.3) is 17.0 Å². The molecule has 0 unspecified atom stereocenters. The van der Waals surface area contributed by atoms with Gasteiger partial charge in [-0.1, -0.05) is 0 Å². The van der Waals surface area contributed by atoms with E-state index in [2.05, 4.69) is 11.5 Å². The molecule has 0 saturated carbocycles. The molecular weight excluding hydrogens is 368 g/mol. The van der Waals surface area contributed by atoms with Crippen LogP contribution in [0.15, 0.2) is 42.3 Å². The lowest BCUT2D eigenvalue weighted by atomic mass is 10.0. The van der Waals surface area contributed by atoms with Gasteiger partial charge in [-0.15, -0.1) is 0 Å². The van der Waals surface area contributed by atoms with Gasteiger partial charge in [-0.2, -0.15) is 5.26 Å². The van der Waals surface area contributed by atoms with Crippen molar-refractivity contribution in [3.8, 4) is 23.3 Å². The Hall–Kier alpha value is -3.72. The highest BCUT2D eigenvalue weighted by Gasteiger charge is 2.30. The third-order valence-electron chi connectivity index (χ3n) is 4.99. The number of allylic oxidation sites excluding steroid dienone is 1. The molecule has 0 amide bonds. The summed E-state index contributed by atoms with van der Waals surface area (Å²) >= 11 is 0. The highest BCUT2D eigenvalue weighted by Crippen LogP contribution is 2.38. The number of carbonyl (C=O) groups excluding carboxylic acids is 1. The number of aryl methyl sites for hydroxylation is 2. The van der Waals surface area contributed by atoms with E-state index >= 15 is 0 Å². The Kier molecular flexibility index (Phi) is 4.73. The molecule has 0 saturated heterocycles. The van der Waals surface area contributed by atoms with Crippen molar-refractivity contribution in [2.45, 2.75) is 20.4 Å². The van der Waals surface area contributed by atoms with Crippen LogP contribution in [0.2, 0.25) is 0 Å². The van der Waals surface area contributed by atoms with Gasteiger partial charge in [0.2, 0.25) is 5.78 Å². The molecule has 6 heteroatoms. The van der Waals surface area contributed by atoms with E-state index in [0.29, 0.717) is 17.1 Å². The van der Waals surface area contributed by atoms with Crippen molar-refractivity contribution in [2.24, 2.45) is 0 Å². The lowest BCUT2D eigenvalue weighted by Gasteiger charge is -2.06. The number of ketones is 1. The van der Waals surface area contributed by atoms with Crippen molar-refractivity contribution in [1.82, 2.24) is 4.57 Å². The number of ether oxygens (including phenoxy) is 3. The molecule has 0 N–H and O–H groups in total. The molecule has 146 valence electrons. The van der Waals surface area contributed by atoms with E-state index in [0.717, 1.165) is 34.3 Å². The molecular formula is C23H20N2O4. The molecule has 1 aliphatic heterocycles. The first-order chi connectivity index (χ1) is 14.0. The second-order valence-electron chi connectivity index (χ2n) is 6.75. The fourth-order valence-corrected chi connectivity index (χ4v) is 3.63. The van der Waals surface area contributed by atoms with Crippen LogP contribution in [0.3, 0.4) is 0 Å². The molecule has 29 heavy (non-hydrogen) atoms. The lowest BCUT2D eigenvalue weighted by Crippen LogP contribution is -2.00. The molecule has 6 nitrogen and oxygen atoms in total. The van der Waals surface area contributed by atoms with Crippen LogP contribution in [0.4, 0.5) is 0 Å². The molecule has 2 heterocycles. The number of aromatic nitrogens is 1. The lowest BCUT2D eigenvalue weighted by molar-refractivity contribution is 0.101. The van der Waals surface area contributed by atoms with Gasteiger partial charge in [-0.05, 0) is 49.8 Å². The van der Waals surface area contributed by atoms with Gasteiger partial charge in [0.15, 0.2) is 12.4 Å². The summed E-state index contributed by atoms with van der Waals surface area (Å²) in [5.74, 6) is 1.81. The number of methoxy groups -OCH3 is 1. The number of nitriles is 1. The highest BCUT2D eigenvalue weighted by atomic mass is 16.5. The molecule has 0 radical (unpaired) electrons. The maximum atomic E-state index is 13.0. The van der Waals surface area contributed by atoms with Gasteiger partial charge < -0.3 is 18.8 Å². The zero-order valence-corrected chi connectivity index (χ0v) is 16.5. The molecule has 0 fully saturated rings. The van der Waals surface area contributed by atoms with Crippen LogP contribution in [0.5, 0.6) is 17.2 Å². The number of carbonyl (C=O) groups is 1. The Bertz CT molecular complexity index is 1200. The standard InChI is InChI=1S/C23H20N2O4/c1-4-25-13-15(18-11-16(27-3)5-6-19(18)25)10-21-23(26)22-14(2)9-17(28-8-7-24)12-20(22)29-21/h5-6,9-13H,4,8H2,1-3H3/b21-10-. The Morgan fingerprint density at radius 2 is 2.07 bits per heavy atom. The van der Waals surface area contributed by atoms with Crippen molar-refractivity contribution < 1.29 is 19.0 Å². The van der Waals surface area contributed by atoms with E-state index in [1.807, 2.05) is 37.4 Å². The van der Waals surface area contributed by atoms with Crippen LogP contribution in [0, 0.1) is 18.3 Å². The maximum absolute atomic E-state index is 13.0. The smallest absolute Gasteiger partial charge is 0.232 e. The van der Waals surface area contributed by atoms with Crippen LogP contribution < -0.4 is 14.2 Å². The van der Waals surface area contributed by atoms with Gasteiger partial charge in [0.1, 0.15) is 23.3 Å². The minimum atomic E-state index is -0.162. The third-order valence-corrected chi connectivity index (χ3v) is 4.99. The molecule has 3 aromatic rings. The minimum Gasteiger partial charge on any atom is -0.497 e. The van der Waals surface area contributed by atoms with Gasteiger partial charge >= 0.3 is 0 Å².